The van der Waals surface area contributed by atoms with Crippen LogP contribution >= 0.6 is 0 Å². The smallest absolute Gasteiger partial charge is 0.408 e. The molecule has 3 rings (SSSR count). The van der Waals surface area contributed by atoms with Gasteiger partial charge in [-0.25, -0.2) is 15.1 Å². The van der Waals surface area contributed by atoms with Gasteiger partial charge in [-0.15, -0.1) is 0 Å². The van der Waals surface area contributed by atoms with Crippen molar-refractivity contribution < 1.29 is 43.3 Å². The van der Waals surface area contributed by atoms with Gasteiger partial charge in [-0.05, 0) is 103 Å². The van der Waals surface area contributed by atoms with Crippen molar-refractivity contribution in [1.82, 2.24) is 26.4 Å². The molecular weight excluding hydrogens is 658 g/mol. The predicted molar refractivity (Wildman–Crippen MR) is 193 cm³/mol. The minimum Gasteiger partial charge on any atom is -0.493 e. The lowest BCUT2D eigenvalue weighted by molar-refractivity contribution is -0.124. The highest BCUT2D eigenvalue weighted by molar-refractivity contribution is 5.91. The lowest BCUT2D eigenvalue weighted by Gasteiger charge is -2.26. The number of hydrogen-bond acceptors (Lipinski definition) is 9. The van der Waals surface area contributed by atoms with E-state index < -0.39 is 47.3 Å². The van der Waals surface area contributed by atoms with Crippen molar-refractivity contribution in [3.63, 3.8) is 0 Å². The highest BCUT2D eigenvalue weighted by Gasteiger charge is 2.27. The summed E-state index contributed by atoms with van der Waals surface area (Å²) in [6.45, 7) is 10.9. The minimum atomic E-state index is -0.941. The number of rotatable bonds is 16. The monoisotopic (exact) mass is 709 g/mol. The van der Waals surface area contributed by atoms with Gasteiger partial charge in [0.1, 0.15) is 23.9 Å². The molecule has 0 radical (unpaired) electrons. The van der Waals surface area contributed by atoms with Crippen molar-refractivity contribution >= 4 is 41.0 Å². The van der Waals surface area contributed by atoms with E-state index in [2.05, 4.69) is 20.9 Å². The molecule has 0 aliphatic carbocycles. The van der Waals surface area contributed by atoms with Gasteiger partial charge in [0.2, 0.25) is 5.91 Å². The molecule has 0 bridgehead atoms. The maximum Gasteiger partial charge on any atom is 0.408 e. The zero-order chi connectivity index (χ0) is 37.6. The van der Waals surface area contributed by atoms with Crippen molar-refractivity contribution in [3.8, 4) is 11.5 Å². The predicted octanol–water partition coefficient (Wildman–Crippen LogP) is 5.39. The molecule has 4 amide bonds. The SMILES string of the molecule is COc1cc(/C=C/C(=O)NO)ccc1OC[C@H](Cc1c[nH]c2ccccc12)NC(=O)[C@H](CCCCNC(=O)OC(C)(C)C)NC(=O)OC(C)(C)C. The first-order chi connectivity index (χ1) is 24.1. The van der Waals surface area contributed by atoms with Crippen LogP contribution in [0.15, 0.2) is 54.7 Å². The van der Waals surface area contributed by atoms with E-state index in [1.54, 1.807) is 59.7 Å². The lowest BCUT2D eigenvalue weighted by atomic mass is 10.0. The molecule has 14 heteroatoms. The van der Waals surface area contributed by atoms with Crippen molar-refractivity contribution in [2.75, 3.05) is 20.3 Å². The largest absolute Gasteiger partial charge is 0.493 e. The summed E-state index contributed by atoms with van der Waals surface area (Å²) < 4.78 is 22.5. The quantitative estimate of drug-likeness (QED) is 0.0490. The van der Waals surface area contributed by atoms with Crippen LogP contribution in [-0.2, 0) is 25.5 Å². The Hall–Kier alpha value is -5.24. The number of methoxy groups -OCH3 is 1. The van der Waals surface area contributed by atoms with Crippen LogP contribution in [-0.4, -0.2) is 77.7 Å². The summed E-state index contributed by atoms with van der Waals surface area (Å²) in [5.74, 6) is -0.311. The number of para-hydroxylation sites is 1. The third kappa shape index (κ3) is 14.3. The molecule has 0 unspecified atom stereocenters. The Morgan fingerprint density at radius 2 is 1.61 bits per heavy atom. The standard InChI is InChI=1S/C37H51N5O9/c1-36(2,3)50-34(45)38-19-11-10-14-29(41-35(46)51-37(4,5)6)33(44)40-26(21-25-22-39-28-13-9-8-12-27(25)28)23-49-30-17-15-24(20-31(30)48-7)16-18-32(43)42-47/h8-9,12-13,15-18,20,22,26,29,39,47H,10-11,14,19,21,23H2,1-7H3,(H,38,45)(H,40,44)(H,41,46)(H,42,43)/b18-16+/t26-,29-/m0/s1. The molecule has 0 saturated carbocycles. The average molecular weight is 710 g/mol. The summed E-state index contributed by atoms with van der Waals surface area (Å²) >= 11 is 0. The summed E-state index contributed by atoms with van der Waals surface area (Å²) in [4.78, 5) is 53.4. The van der Waals surface area contributed by atoms with Crippen molar-refractivity contribution in [2.45, 2.75) is 90.5 Å². The first-order valence-corrected chi connectivity index (χ1v) is 16.8. The molecule has 0 spiro atoms. The highest BCUT2D eigenvalue weighted by atomic mass is 16.6. The van der Waals surface area contributed by atoms with Crippen molar-refractivity contribution in [2.24, 2.45) is 0 Å². The van der Waals surface area contributed by atoms with Crippen molar-refractivity contribution in [3.05, 3.63) is 65.9 Å². The Balaban J connectivity index is 1.79. The Morgan fingerprint density at radius 1 is 0.902 bits per heavy atom. The number of carbonyl (C=O) groups excluding carboxylic acids is 4. The number of aromatic amines is 1. The second kappa shape index (κ2) is 18.7. The van der Waals surface area contributed by atoms with E-state index in [1.807, 2.05) is 30.5 Å². The van der Waals surface area contributed by atoms with E-state index in [0.29, 0.717) is 42.9 Å². The van der Waals surface area contributed by atoms with Crippen LogP contribution in [0, 0.1) is 0 Å². The number of carbonyl (C=O) groups is 4. The number of H-pyrrole nitrogens is 1. The van der Waals surface area contributed by atoms with Gasteiger partial charge in [-0.1, -0.05) is 24.3 Å². The summed E-state index contributed by atoms with van der Waals surface area (Å²) in [7, 11) is 1.48. The van der Waals surface area contributed by atoms with E-state index >= 15 is 0 Å². The highest BCUT2D eigenvalue weighted by Crippen LogP contribution is 2.29. The average Bonchev–Trinajstić information content (AvgIpc) is 3.46. The number of aromatic nitrogens is 1. The van der Waals surface area contributed by atoms with Gasteiger partial charge in [-0.3, -0.25) is 14.8 Å². The zero-order valence-electron chi connectivity index (χ0n) is 30.4. The molecule has 0 aliphatic heterocycles. The van der Waals surface area contributed by atoms with Gasteiger partial charge >= 0.3 is 12.2 Å². The lowest BCUT2D eigenvalue weighted by Crippen LogP contribution is -2.52. The Kier molecular flexibility index (Phi) is 14.7. The van der Waals surface area contributed by atoms with Gasteiger partial charge in [-0.2, -0.15) is 0 Å². The van der Waals surface area contributed by atoms with E-state index in [-0.39, 0.29) is 13.0 Å². The van der Waals surface area contributed by atoms with E-state index in [1.165, 1.54) is 24.7 Å². The van der Waals surface area contributed by atoms with Crippen LogP contribution in [0.5, 0.6) is 11.5 Å². The molecule has 0 aliphatic rings. The first kappa shape index (κ1) is 40.2. The van der Waals surface area contributed by atoms with Crippen LogP contribution in [0.3, 0.4) is 0 Å². The van der Waals surface area contributed by atoms with Gasteiger partial charge in [0, 0.05) is 29.7 Å². The third-order valence-electron chi connectivity index (χ3n) is 7.25. The van der Waals surface area contributed by atoms with Crippen LogP contribution in [0.2, 0.25) is 0 Å². The van der Waals surface area contributed by atoms with Crippen LogP contribution in [0.1, 0.15) is 71.9 Å². The van der Waals surface area contributed by atoms with Gasteiger partial charge in [0.05, 0.1) is 13.2 Å². The topological polar surface area (TPSA) is 189 Å². The van der Waals surface area contributed by atoms with E-state index in [4.69, 9.17) is 24.2 Å². The Labute approximate surface area is 298 Å². The third-order valence-corrected chi connectivity index (χ3v) is 7.25. The van der Waals surface area contributed by atoms with Crippen molar-refractivity contribution in [1.29, 1.82) is 0 Å². The summed E-state index contributed by atoms with van der Waals surface area (Å²) in [5.41, 5.74) is 2.68. The number of hydroxylamine groups is 1. The number of ether oxygens (including phenoxy) is 4. The fraction of sp³-hybridized carbons (Fsp3) is 0.459. The molecular formula is C37H51N5O9. The fourth-order valence-corrected chi connectivity index (χ4v) is 5.02. The summed E-state index contributed by atoms with van der Waals surface area (Å²) in [5, 5.41) is 18.3. The second-order valence-electron chi connectivity index (χ2n) is 13.9. The fourth-order valence-electron chi connectivity index (χ4n) is 5.02. The summed E-state index contributed by atoms with van der Waals surface area (Å²) in [6, 6.07) is 11.4. The number of unbranched alkanes of at least 4 members (excludes halogenated alkanes) is 1. The first-order valence-electron chi connectivity index (χ1n) is 16.8. The second-order valence-corrected chi connectivity index (χ2v) is 13.9. The number of nitrogens with one attached hydrogen (secondary N) is 5. The Morgan fingerprint density at radius 3 is 2.29 bits per heavy atom. The molecule has 2 atom stereocenters. The molecule has 3 aromatic rings. The molecule has 2 aromatic carbocycles. The maximum atomic E-state index is 13.9. The van der Waals surface area contributed by atoms with Crippen LogP contribution < -0.4 is 30.9 Å². The number of fused-ring (bicyclic) bond motifs is 1. The van der Waals surface area contributed by atoms with Gasteiger partial charge in [0.25, 0.3) is 5.91 Å². The number of benzene rings is 2. The van der Waals surface area contributed by atoms with Gasteiger partial charge in [0.15, 0.2) is 11.5 Å². The molecule has 0 fully saturated rings. The molecule has 14 nitrogen and oxygen atoms in total. The zero-order valence-corrected chi connectivity index (χ0v) is 30.4. The van der Waals surface area contributed by atoms with Crippen LogP contribution in [0.4, 0.5) is 9.59 Å². The van der Waals surface area contributed by atoms with E-state index in [9.17, 15) is 19.2 Å². The number of amides is 4. The number of hydrogen-bond donors (Lipinski definition) is 6. The molecule has 51 heavy (non-hydrogen) atoms. The molecule has 6 N–H and O–H groups in total. The number of alkyl carbamates (subject to hydrolysis) is 2. The summed E-state index contributed by atoms with van der Waals surface area (Å²) in [6.07, 6.45) is 5.02. The maximum absolute atomic E-state index is 13.9. The molecule has 278 valence electrons. The van der Waals surface area contributed by atoms with E-state index in [0.717, 1.165) is 16.5 Å². The Bertz CT molecular complexity index is 1660. The minimum absolute atomic E-state index is 0.0443. The molecule has 1 aromatic heterocycles. The normalized spacial score (nSPS) is 12.9. The molecule has 1 heterocycles. The van der Waals surface area contributed by atoms with Gasteiger partial charge < -0.3 is 39.9 Å². The molecule has 0 saturated heterocycles. The van der Waals surface area contributed by atoms with Crippen LogP contribution in [0.25, 0.3) is 17.0 Å².